The van der Waals surface area contributed by atoms with E-state index in [0.29, 0.717) is 13.0 Å². The fraction of sp³-hybridized carbons (Fsp3) is 0.400. The largest absolute Gasteiger partial charge is 0.315 e. The molecular weight excluding hydrogens is 217 g/mol. The molecule has 0 unspecified atom stereocenters. The molecule has 82 valence electrons. The van der Waals surface area contributed by atoms with E-state index in [1.54, 1.807) is 0 Å². The molecule has 0 saturated carbocycles. The van der Waals surface area contributed by atoms with E-state index in [-0.39, 0.29) is 10.1 Å². The molecule has 0 radical (unpaired) electrons. The monoisotopic (exact) mass is 229 g/mol. The topological polar surface area (TPSA) is 46.2 Å². The summed E-state index contributed by atoms with van der Waals surface area (Å²) in [5, 5.41) is 2.63. The zero-order valence-electron chi connectivity index (χ0n) is 8.11. The maximum Gasteiger partial charge on any atom is 0.182 e. The maximum absolute atomic E-state index is 12.6. The van der Waals surface area contributed by atoms with E-state index in [1.807, 2.05) is 0 Å². The molecule has 1 aromatic rings. The Morgan fingerprint density at radius 2 is 1.93 bits per heavy atom. The molecule has 1 aromatic carbocycles. The van der Waals surface area contributed by atoms with Gasteiger partial charge >= 0.3 is 0 Å². The third kappa shape index (κ3) is 2.03. The predicted molar refractivity (Wildman–Crippen MR) is 54.9 cm³/mol. The van der Waals surface area contributed by atoms with Gasteiger partial charge in [-0.05, 0) is 37.2 Å². The van der Waals surface area contributed by atoms with Crippen LogP contribution in [0.25, 0.3) is 0 Å². The van der Waals surface area contributed by atoms with Crippen molar-refractivity contribution in [3.63, 3.8) is 0 Å². The second-order valence-corrected chi connectivity index (χ2v) is 5.84. The van der Waals surface area contributed by atoms with E-state index in [0.717, 1.165) is 6.54 Å². The third-order valence-electron chi connectivity index (χ3n) is 2.60. The van der Waals surface area contributed by atoms with Crippen LogP contribution < -0.4 is 5.32 Å². The first-order chi connectivity index (χ1) is 7.10. The summed E-state index contributed by atoms with van der Waals surface area (Å²) < 4.78 is 36.6. The quantitative estimate of drug-likeness (QED) is 0.768. The summed E-state index contributed by atoms with van der Waals surface area (Å²) in [7, 11) is -3.28. The van der Waals surface area contributed by atoms with E-state index in [9.17, 15) is 12.8 Å². The molecule has 5 heteroatoms. The summed E-state index contributed by atoms with van der Waals surface area (Å²) in [6.45, 7) is 1.21. The predicted octanol–water partition coefficient (Wildman–Crippen LogP) is 0.961. The number of hydrogen-bond donors (Lipinski definition) is 1. The molecule has 0 aliphatic carbocycles. The molecule has 0 bridgehead atoms. The summed E-state index contributed by atoms with van der Waals surface area (Å²) in [6, 6.07) is 5.00. The Morgan fingerprint density at radius 1 is 1.27 bits per heavy atom. The molecular formula is C10H12FNO2S. The summed E-state index contributed by atoms with van der Waals surface area (Å²) in [5.74, 6) is -0.418. The Balaban J connectivity index is 2.32. The van der Waals surface area contributed by atoms with Crippen molar-refractivity contribution in [2.75, 3.05) is 13.1 Å². The average Bonchev–Trinajstić information content (AvgIpc) is 2.71. The van der Waals surface area contributed by atoms with Gasteiger partial charge in [0.25, 0.3) is 0 Å². The van der Waals surface area contributed by atoms with Gasteiger partial charge in [-0.25, -0.2) is 12.8 Å². The first-order valence-electron chi connectivity index (χ1n) is 4.81. The Hall–Kier alpha value is -0.940. The molecule has 2 rings (SSSR count). The van der Waals surface area contributed by atoms with Crippen molar-refractivity contribution in [1.29, 1.82) is 0 Å². The molecule has 3 nitrogen and oxygen atoms in total. The fourth-order valence-corrected chi connectivity index (χ4v) is 3.38. The van der Waals surface area contributed by atoms with Crippen LogP contribution in [0.3, 0.4) is 0 Å². The first-order valence-corrected chi connectivity index (χ1v) is 6.35. The lowest BCUT2D eigenvalue weighted by Gasteiger charge is -2.09. The SMILES string of the molecule is O=S(=O)(c1ccc(F)cc1)[C@@H]1CCNC1. The Morgan fingerprint density at radius 3 is 2.47 bits per heavy atom. The maximum atomic E-state index is 12.6. The standard InChI is InChI=1S/C10H12FNO2S/c11-8-1-3-9(4-2-8)15(13,14)10-5-6-12-7-10/h1-4,10,12H,5-7H2/t10-/m1/s1. The minimum atomic E-state index is -3.28. The molecule has 1 aliphatic rings. The van der Waals surface area contributed by atoms with Gasteiger partial charge < -0.3 is 5.32 Å². The molecule has 0 spiro atoms. The van der Waals surface area contributed by atoms with Gasteiger partial charge in [-0.1, -0.05) is 0 Å². The normalized spacial score (nSPS) is 21.8. The second-order valence-electron chi connectivity index (χ2n) is 3.61. The Kier molecular flexibility index (Phi) is 2.75. The van der Waals surface area contributed by atoms with Gasteiger partial charge in [-0.2, -0.15) is 0 Å². The van der Waals surface area contributed by atoms with Crippen molar-refractivity contribution in [1.82, 2.24) is 5.32 Å². The van der Waals surface area contributed by atoms with Crippen LogP contribution in [-0.4, -0.2) is 26.8 Å². The highest BCUT2D eigenvalue weighted by Gasteiger charge is 2.29. The van der Waals surface area contributed by atoms with Crippen LogP contribution in [0.4, 0.5) is 4.39 Å². The van der Waals surface area contributed by atoms with E-state index in [2.05, 4.69) is 5.32 Å². The second kappa shape index (κ2) is 3.90. The Bertz CT molecular complexity index is 435. The first kappa shape index (κ1) is 10.6. The van der Waals surface area contributed by atoms with Crippen molar-refractivity contribution in [3.05, 3.63) is 30.1 Å². The summed E-state index contributed by atoms with van der Waals surface area (Å²) in [6.07, 6.45) is 0.625. The van der Waals surface area contributed by atoms with Crippen molar-refractivity contribution < 1.29 is 12.8 Å². The van der Waals surface area contributed by atoms with Crippen molar-refractivity contribution in [2.24, 2.45) is 0 Å². The van der Waals surface area contributed by atoms with Gasteiger partial charge in [0.1, 0.15) is 5.82 Å². The average molecular weight is 229 g/mol. The summed E-state index contributed by atoms with van der Waals surface area (Å²) in [4.78, 5) is 0.206. The van der Waals surface area contributed by atoms with Crippen molar-refractivity contribution in [2.45, 2.75) is 16.6 Å². The molecule has 1 fully saturated rings. The molecule has 15 heavy (non-hydrogen) atoms. The van der Waals surface area contributed by atoms with Crippen molar-refractivity contribution >= 4 is 9.84 Å². The molecule has 1 aliphatic heterocycles. The number of hydrogen-bond acceptors (Lipinski definition) is 3. The minimum Gasteiger partial charge on any atom is -0.315 e. The lowest BCUT2D eigenvalue weighted by Crippen LogP contribution is -2.23. The Labute approximate surface area is 88.2 Å². The smallest absolute Gasteiger partial charge is 0.182 e. The number of nitrogens with one attached hydrogen (secondary N) is 1. The summed E-state index contributed by atoms with van der Waals surface area (Å²) in [5.41, 5.74) is 0. The van der Waals surface area contributed by atoms with Gasteiger partial charge in [0.15, 0.2) is 9.84 Å². The van der Waals surface area contributed by atoms with Crippen LogP contribution in [0.2, 0.25) is 0 Å². The van der Waals surface area contributed by atoms with Crippen LogP contribution in [0.1, 0.15) is 6.42 Å². The highest BCUT2D eigenvalue weighted by atomic mass is 32.2. The zero-order chi connectivity index (χ0) is 10.9. The number of sulfone groups is 1. The van der Waals surface area contributed by atoms with E-state index in [4.69, 9.17) is 0 Å². The van der Waals surface area contributed by atoms with Gasteiger partial charge in [0, 0.05) is 6.54 Å². The number of rotatable bonds is 2. The highest BCUT2D eigenvalue weighted by Crippen LogP contribution is 2.20. The minimum absolute atomic E-state index is 0.206. The number of halogens is 1. The van der Waals surface area contributed by atoms with Crippen LogP contribution in [0.5, 0.6) is 0 Å². The summed E-state index contributed by atoms with van der Waals surface area (Å²) >= 11 is 0. The highest BCUT2D eigenvalue weighted by molar-refractivity contribution is 7.92. The molecule has 1 heterocycles. The van der Waals surface area contributed by atoms with E-state index >= 15 is 0 Å². The van der Waals surface area contributed by atoms with Gasteiger partial charge in [0.05, 0.1) is 10.1 Å². The van der Waals surface area contributed by atoms with Crippen molar-refractivity contribution in [3.8, 4) is 0 Å². The molecule has 0 aromatic heterocycles. The molecule has 1 N–H and O–H groups in total. The third-order valence-corrected chi connectivity index (χ3v) is 4.81. The van der Waals surface area contributed by atoms with Gasteiger partial charge in [-0.3, -0.25) is 0 Å². The van der Waals surface area contributed by atoms with Gasteiger partial charge in [0.2, 0.25) is 0 Å². The van der Waals surface area contributed by atoms with Crippen LogP contribution in [0.15, 0.2) is 29.2 Å². The van der Waals surface area contributed by atoms with Crippen LogP contribution in [-0.2, 0) is 9.84 Å². The van der Waals surface area contributed by atoms with Crippen LogP contribution in [0, 0.1) is 5.82 Å². The number of benzene rings is 1. The molecule has 1 saturated heterocycles. The fourth-order valence-electron chi connectivity index (χ4n) is 1.71. The lowest BCUT2D eigenvalue weighted by molar-refractivity contribution is 0.582. The van der Waals surface area contributed by atoms with Gasteiger partial charge in [-0.15, -0.1) is 0 Å². The van der Waals surface area contributed by atoms with E-state index in [1.165, 1.54) is 24.3 Å². The molecule has 0 amide bonds. The molecule has 1 atom stereocenters. The van der Waals surface area contributed by atoms with Crippen LogP contribution >= 0.6 is 0 Å². The lowest BCUT2D eigenvalue weighted by atomic mass is 10.3. The van der Waals surface area contributed by atoms with E-state index < -0.39 is 15.7 Å². The zero-order valence-corrected chi connectivity index (χ0v) is 8.93.